The Balaban J connectivity index is 2.20. The van der Waals surface area contributed by atoms with Gasteiger partial charge in [0.05, 0.1) is 5.75 Å². The lowest BCUT2D eigenvalue weighted by atomic mass is 10.1. The molecular weight excluding hydrogens is 300 g/mol. The van der Waals surface area contributed by atoms with Crippen molar-refractivity contribution in [2.24, 2.45) is 0 Å². The molecule has 0 radical (unpaired) electrons. The first kappa shape index (κ1) is 15.1. The standard InChI is InChI=1S/C13H17ClN2O3S/c1-10-9-11(15-20(18,19)8-6-14)4-5-12(10)16-7-2-3-13(16)17/h4-5,9,15H,2-3,6-8H2,1H3. The second kappa shape index (κ2) is 6.01. The van der Waals surface area contributed by atoms with E-state index in [4.69, 9.17) is 11.6 Å². The largest absolute Gasteiger partial charge is 0.312 e. The lowest BCUT2D eigenvalue weighted by Crippen LogP contribution is -2.24. The Morgan fingerprint density at radius 1 is 1.40 bits per heavy atom. The van der Waals surface area contributed by atoms with E-state index in [0.29, 0.717) is 12.1 Å². The zero-order valence-electron chi connectivity index (χ0n) is 11.2. The normalized spacial score (nSPS) is 15.7. The molecule has 1 aliphatic heterocycles. The fourth-order valence-corrected chi connectivity index (χ4v) is 3.66. The number of sulfonamides is 1. The first-order chi connectivity index (χ1) is 9.43. The van der Waals surface area contributed by atoms with Crippen molar-refractivity contribution in [2.45, 2.75) is 19.8 Å². The lowest BCUT2D eigenvalue weighted by molar-refractivity contribution is -0.117. The first-order valence-corrected chi connectivity index (χ1v) is 8.59. The summed E-state index contributed by atoms with van der Waals surface area (Å²) in [6.45, 7) is 2.58. The third kappa shape index (κ3) is 3.43. The Hall–Kier alpha value is -1.27. The molecule has 1 saturated heterocycles. The van der Waals surface area contributed by atoms with E-state index in [2.05, 4.69) is 4.72 Å². The molecule has 2 rings (SSSR count). The SMILES string of the molecule is Cc1cc(NS(=O)(=O)CCCl)ccc1N1CCCC1=O. The summed E-state index contributed by atoms with van der Waals surface area (Å²) < 4.78 is 25.8. The number of rotatable bonds is 5. The van der Waals surface area contributed by atoms with Crippen molar-refractivity contribution >= 4 is 38.9 Å². The first-order valence-electron chi connectivity index (χ1n) is 6.40. The molecule has 0 unspecified atom stereocenters. The molecule has 110 valence electrons. The smallest absolute Gasteiger partial charge is 0.233 e. The molecule has 1 fully saturated rings. The minimum absolute atomic E-state index is 0.0503. The fraction of sp³-hybridized carbons (Fsp3) is 0.462. The Morgan fingerprint density at radius 2 is 2.15 bits per heavy atom. The Labute approximate surface area is 124 Å². The van der Waals surface area contributed by atoms with E-state index < -0.39 is 10.0 Å². The zero-order chi connectivity index (χ0) is 14.8. The van der Waals surface area contributed by atoms with Gasteiger partial charge in [-0.3, -0.25) is 9.52 Å². The van der Waals surface area contributed by atoms with Crippen molar-refractivity contribution in [1.82, 2.24) is 0 Å². The van der Waals surface area contributed by atoms with Gasteiger partial charge in [-0.1, -0.05) is 0 Å². The van der Waals surface area contributed by atoms with E-state index >= 15 is 0 Å². The summed E-state index contributed by atoms with van der Waals surface area (Å²) in [5, 5.41) is 0. The predicted molar refractivity (Wildman–Crippen MR) is 80.9 cm³/mol. The molecule has 20 heavy (non-hydrogen) atoms. The average Bonchev–Trinajstić information content (AvgIpc) is 2.75. The van der Waals surface area contributed by atoms with Crippen LogP contribution in [-0.4, -0.2) is 32.5 Å². The van der Waals surface area contributed by atoms with Crippen molar-refractivity contribution in [3.8, 4) is 0 Å². The highest BCUT2D eigenvalue weighted by atomic mass is 35.5. The molecule has 0 saturated carbocycles. The summed E-state index contributed by atoms with van der Waals surface area (Å²) in [6.07, 6.45) is 1.44. The molecule has 1 heterocycles. The Morgan fingerprint density at radius 3 is 2.70 bits per heavy atom. The molecule has 0 bridgehead atoms. The summed E-state index contributed by atoms with van der Waals surface area (Å²) in [6, 6.07) is 5.17. The van der Waals surface area contributed by atoms with Crippen LogP contribution in [0.2, 0.25) is 0 Å². The number of carbonyl (C=O) groups is 1. The maximum absolute atomic E-state index is 11.7. The molecule has 1 aromatic carbocycles. The highest BCUT2D eigenvalue weighted by molar-refractivity contribution is 7.92. The van der Waals surface area contributed by atoms with Crippen molar-refractivity contribution in [3.63, 3.8) is 0 Å². The fourth-order valence-electron chi connectivity index (χ4n) is 2.26. The number of halogens is 1. The molecule has 0 aliphatic carbocycles. The van der Waals surface area contributed by atoms with Gasteiger partial charge >= 0.3 is 0 Å². The molecule has 0 spiro atoms. The van der Waals surface area contributed by atoms with Crippen molar-refractivity contribution < 1.29 is 13.2 Å². The van der Waals surface area contributed by atoms with E-state index in [1.165, 1.54) is 0 Å². The minimum atomic E-state index is -3.41. The molecule has 5 nitrogen and oxygen atoms in total. The second-order valence-electron chi connectivity index (χ2n) is 4.76. The molecule has 7 heteroatoms. The second-order valence-corrected chi connectivity index (χ2v) is 6.98. The third-order valence-corrected chi connectivity index (χ3v) is 4.88. The number of alkyl halides is 1. The number of hydrogen-bond acceptors (Lipinski definition) is 3. The molecule has 1 amide bonds. The van der Waals surface area contributed by atoms with Gasteiger partial charge in [-0.25, -0.2) is 8.42 Å². The van der Waals surface area contributed by atoms with E-state index in [1.807, 2.05) is 6.92 Å². The molecule has 1 N–H and O–H groups in total. The maximum Gasteiger partial charge on any atom is 0.233 e. The van der Waals surface area contributed by atoms with Gasteiger partial charge in [0.25, 0.3) is 0 Å². The van der Waals surface area contributed by atoms with Crippen LogP contribution in [0.15, 0.2) is 18.2 Å². The lowest BCUT2D eigenvalue weighted by Gasteiger charge is -2.19. The molecule has 1 aliphatic rings. The van der Waals surface area contributed by atoms with E-state index in [9.17, 15) is 13.2 Å². The van der Waals surface area contributed by atoms with Gasteiger partial charge in [0, 0.05) is 30.2 Å². The van der Waals surface area contributed by atoms with E-state index in [0.717, 1.165) is 24.2 Å². The summed E-state index contributed by atoms with van der Waals surface area (Å²) in [4.78, 5) is 13.5. The predicted octanol–water partition coefficient (Wildman–Crippen LogP) is 2.10. The van der Waals surface area contributed by atoms with Gasteiger partial charge < -0.3 is 4.90 Å². The number of amides is 1. The van der Waals surface area contributed by atoms with Crippen LogP contribution in [0.3, 0.4) is 0 Å². The van der Waals surface area contributed by atoms with Crippen molar-refractivity contribution in [2.75, 3.05) is 27.8 Å². The number of aryl methyl sites for hydroxylation is 1. The van der Waals surface area contributed by atoms with Crippen LogP contribution in [-0.2, 0) is 14.8 Å². The van der Waals surface area contributed by atoms with Crippen LogP contribution in [0, 0.1) is 6.92 Å². The third-order valence-electron chi connectivity index (χ3n) is 3.18. The number of carbonyl (C=O) groups excluding carboxylic acids is 1. The zero-order valence-corrected chi connectivity index (χ0v) is 12.8. The quantitative estimate of drug-likeness (QED) is 0.846. The van der Waals surface area contributed by atoms with Gasteiger partial charge in [-0.05, 0) is 37.1 Å². The monoisotopic (exact) mass is 316 g/mol. The highest BCUT2D eigenvalue weighted by Crippen LogP contribution is 2.27. The summed E-state index contributed by atoms with van der Waals surface area (Å²) in [5.74, 6) is 0.0397. The van der Waals surface area contributed by atoms with Crippen LogP contribution in [0.5, 0.6) is 0 Å². The number of benzene rings is 1. The maximum atomic E-state index is 11.7. The van der Waals surface area contributed by atoms with Gasteiger partial charge in [-0.15, -0.1) is 11.6 Å². The van der Waals surface area contributed by atoms with E-state index in [-0.39, 0.29) is 17.5 Å². The summed E-state index contributed by atoms with van der Waals surface area (Å²) in [5.41, 5.74) is 2.20. The van der Waals surface area contributed by atoms with Gasteiger partial charge in [-0.2, -0.15) is 0 Å². The topological polar surface area (TPSA) is 66.5 Å². The summed E-state index contributed by atoms with van der Waals surface area (Å²) >= 11 is 5.45. The van der Waals surface area contributed by atoms with Gasteiger partial charge in [0.15, 0.2) is 0 Å². The van der Waals surface area contributed by atoms with Gasteiger partial charge in [0.2, 0.25) is 15.9 Å². The Bertz CT molecular complexity index is 616. The highest BCUT2D eigenvalue weighted by Gasteiger charge is 2.23. The van der Waals surface area contributed by atoms with Gasteiger partial charge in [0.1, 0.15) is 0 Å². The molecule has 0 atom stereocenters. The average molecular weight is 317 g/mol. The number of nitrogens with zero attached hydrogens (tertiary/aromatic N) is 1. The number of nitrogens with one attached hydrogen (secondary N) is 1. The van der Waals surface area contributed by atoms with E-state index in [1.54, 1.807) is 23.1 Å². The number of hydrogen-bond donors (Lipinski definition) is 1. The van der Waals surface area contributed by atoms with Crippen LogP contribution < -0.4 is 9.62 Å². The molecular formula is C13H17ClN2O3S. The number of anilines is 2. The summed E-state index contributed by atoms with van der Waals surface area (Å²) in [7, 11) is -3.41. The van der Waals surface area contributed by atoms with Crippen molar-refractivity contribution in [1.29, 1.82) is 0 Å². The van der Waals surface area contributed by atoms with Crippen LogP contribution in [0.25, 0.3) is 0 Å². The van der Waals surface area contributed by atoms with Crippen molar-refractivity contribution in [3.05, 3.63) is 23.8 Å². The van der Waals surface area contributed by atoms with Crippen LogP contribution >= 0.6 is 11.6 Å². The molecule has 1 aromatic rings. The molecule has 0 aromatic heterocycles. The Kier molecular flexibility index (Phi) is 4.55. The minimum Gasteiger partial charge on any atom is -0.312 e. The van der Waals surface area contributed by atoms with Crippen LogP contribution in [0.4, 0.5) is 11.4 Å². The van der Waals surface area contributed by atoms with Crippen LogP contribution in [0.1, 0.15) is 18.4 Å².